The summed E-state index contributed by atoms with van der Waals surface area (Å²) in [7, 11) is 0. The molecule has 0 atom stereocenters. The first-order valence-electron chi connectivity index (χ1n) is 6.61. The highest BCUT2D eigenvalue weighted by molar-refractivity contribution is 6.36. The first-order chi connectivity index (χ1) is 11.0. The summed E-state index contributed by atoms with van der Waals surface area (Å²) in [6.45, 7) is 1.32. The SMILES string of the molecule is CC(=O)Oc1ccccc1-c1nnc(-c2ccc(Cl)cc2Cl)o1. The van der Waals surface area contributed by atoms with Crippen molar-refractivity contribution in [3.8, 4) is 28.7 Å². The Morgan fingerprint density at radius 2 is 1.74 bits per heavy atom. The van der Waals surface area contributed by atoms with E-state index in [4.69, 9.17) is 32.4 Å². The Hall–Kier alpha value is -2.37. The topological polar surface area (TPSA) is 65.2 Å². The van der Waals surface area contributed by atoms with Crippen LogP contribution in [0.5, 0.6) is 5.75 Å². The first kappa shape index (κ1) is 15.5. The molecule has 1 heterocycles. The Morgan fingerprint density at radius 3 is 2.43 bits per heavy atom. The normalized spacial score (nSPS) is 10.6. The lowest BCUT2D eigenvalue weighted by Crippen LogP contribution is -2.02. The van der Waals surface area contributed by atoms with Gasteiger partial charge >= 0.3 is 5.97 Å². The number of carbonyl (C=O) groups excluding carboxylic acids is 1. The van der Waals surface area contributed by atoms with Crippen LogP contribution in [0.1, 0.15) is 6.92 Å². The number of hydrogen-bond donors (Lipinski definition) is 0. The third-order valence-electron chi connectivity index (χ3n) is 2.96. The van der Waals surface area contributed by atoms with E-state index in [0.717, 1.165) is 0 Å². The number of carbonyl (C=O) groups is 1. The van der Waals surface area contributed by atoms with E-state index in [1.807, 2.05) is 0 Å². The molecule has 0 radical (unpaired) electrons. The number of rotatable bonds is 3. The number of aromatic nitrogens is 2. The summed E-state index contributed by atoms with van der Waals surface area (Å²) in [4.78, 5) is 11.2. The van der Waals surface area contributed by atoms with E-state index in [1.54, 1.807) is 42.5 Å². The molecule has 0 unspecified atom stereocenters. The molecule has 0 bridgehead atoms. The van der Waals surface area contributed by atoms with E-state index in [1.165, 1.54) is 6.92 Å². The van der Waals surface area contributed by atoms with Gasteiger partial charge < -0.3 is 9.15 Å². The van der Waals surface area contributed by atoms with Crippen molar-refractivity contribution in [2.75, 3.05) is 0 Å². The summed E-state index contributed by atoms with van der Waals surface area (Å²) in [6.07, 6.45) is 0. The second kappa shape index (κ2) is 6.40. The molecule has 0 aliphatic carbocycles. The van der Waals surface area contributed by atoms with Gasteiger partial charge in [-0.25, -0.2) is 0 Å². The third-order valence-corrected chi connectivity index (χ3v) is 3.51. The Labute approximate surface area is 141 Å². The fraction of sp³-hybridized carbons (Fsp3) is 0.0625. The monoisotopic (exact) mass is 348 g/mol. The van der Waals surface area contributed by atoms with Crippen LogP contribution in [0.3, 0.4) is 0 Å². The van der Waals surface area contributed by atoms with Crippen LogP contribution in [0.4, 0.5) is 0 Å². The smallest absolute Gasteiger partial charge is 0.308 e. The van der Waals surface area contributed by atoms with E-state index in [-0.39, 0.29) is 11.8 Å². The second-order valence-corrected chi connectivity index (χ2v) is 5.47. The maximum Gasteiger partial charge on any atom is 0.308 e. The molecule has 23 heavy (non-hydrogen) atoms. The number of hydrogen-bond acceptors (Lipinski definition) is 5. The Kier molecular flexibility index (Phi) is 4.32. The minimum Gasteiger partial charge on any atom is -0.426 e. The van der Waals surface area contributed by atoms with Crippen molar-refractivity contribution in [3.05, 3.63) is 52.5 Å². The minimum absolute atomic E-state index is 0.225. The number of benzene rings is 2. The van der Waals surface area contributed by atoms with Crippen LogP contribution >= 0.6 is 23.2 Å². The zero-order chi connectivity index (χ0) is 16.4. The number of ether oxygens (including phenoxy) is 1. The number of halogens is 2. The van der Waals surface area contributed by atoms with Gasteiger partial charge in [-0.2, -0.15) is 0 Å². The average Bonchev–Trinajstić information content (AvgIpc) is 2.96. The lowest BCUT2D eigenvalue weighted by molar-refractivity contribution is -0.131. The summed E-state index contributed by atoms with van der Waals surface area (Å²) in [5.41, 5.74) is 1.09. The molecule has 3 aromatic rings. The van der Waals surface area contributed by atoms with Crippen molar-refractivity contribution in [2.24, 2.45) is 0 Å². The van der Waals surface area contributed by atoms with Crippen molar-refractivity contribution >= 4 is 29.2 Å². The van der Waals surface area contributed by atoms with Gasteiger partial charge in [-0.05, 0) is 30.3 Å². The highest BCUT2D eigenvalue weighted by Gasteiger charge is 2.17. The van der Waals surface area contributed by atoms with Crippen LogP contribution in [0.2, 0.25) is 10.0 Å². The van der Waals surface area contributed by atoms with E-state index in [0.29, 0.717) is 26.9 Å². The summed E-state index contributed by atoms with van der Waals surface area (Å²) in [5, 5.41) is 8.90. The molecule has 3 rings (SSSR count). The molecule has 0 N–H and O–H groups in total. The summed E-state index contributed by atoms with van der Waals surface area (Å²) in [6, 6.07) is 11.9. The van der Waals surface area contributed by atoms with Crippen LogP contribution in [-0.2, 0) is 4.79 Å². The standard InChI is InChI=1S/C16H10Cl2N2O3/c1-9(21)22-14-5-3-2-4-12(14)16-20-19-15(23-16)11-7-6-10(17)8-13(11)18/h2-8H,1H3. The molecule has 0 fully saturated rings. The fourth-order valence-corrected chi connectivity index (χ4v) is 2.48. The van der Waals surface area contributed by atoms with E-state index in [2.05, 4.69) is 10.2 Å². The van der Waals surface area contributed by atoms with Gasteiger partial charge in [0, 0.05) is 11.9 Å². The molecule has 7 heteroatoms. The minimum atomic E-state index is -0.432. The molecule has 0 saturated carbocycles. The summed E-state index contributed by atoms with van der Waals surface area (Å²) >= 11 is 12.0. The van der Waals surface area contributed by atoms with Gasteiger partial charge in [0.15, 0.2) is 0 Å². The lowest BCUT2D eigenvalue weighted by atomic mass is 10.2. The molecule has 0 aliphatic rings. The van der Waals surface area contributed by atoms with Crippen molar-refractivity contribution < 1.29 is 13.9 Å². The quantitative estimate of drug-likeness (QED) is 0.509. The van der Waals surface area contributed by atoms with Gasteiger partial charge in [-0.3, -0.25) is 4.79 Å². The van der Waals surface area contributed by atoms with E-state index >= 15 is 0 Å². The van der Waals surface area contributed by atoms with Crippen LogP contribution < -0.4 is 4.74 Å². The van der Waals surface area contributed by atoms with Crippen molar-refractivity contribution in [1.29, 1.82) is 0 Å². The molecular weight excluding hydrogens is 339 g/mol. The largest absolute Gasteiger partial charge is 0.426 e. The molecule has 2 aromatic carbocycles. The molecule has 0 aliphatic heterocycles. The highest BCUT2D eigenvalue weighted by Crippen LogP contribution is 2.34. The third kappa shape index (κ3) is 3.36. The summed E-state index contributed by atoms with van der Waals surface area (Å²) in [5.74, 6) is 0.387. The van der Waals surface area contributed by atoms with E-state index in [9.17, 15) is 4.79 Å². The van der Waals surface area contributed by atoms with E-state index < -0.39 is 5.97 Å². The van der Waals surface area contributed by atoms with Crippen LogP contribution in [0.15, 0.2) is 46.9 Å². The van der Waals surface area contributed by atoms with Crippen LogP contribution in [0.25, 0.3) is 22.9 Å². The number of nitrogens with zero attached hydrogens (tertiary/aromatic N) is 2. The summed E-state index contributed by atoms with van der Waals surface area (Å²) < 4.78 is 10.8. The van der Waals surface area contributed by atoms with Gasteiger partial charge in [-0.1, -0.05) is 35.3 Å². The molecule has 0 saturated heterocycles. The maximum atomic E-state index is 11.2. The van der Waals surface area contributed by atoms with Gasteiger partial charge in [0.1, 0.15) is 5.75 Å². The Balaban J connectivity index is 2.01. The molecule has 0 amide bonds. The van der Waals surface area contributed by atoms with Gasteiger partial charge in [0.05, 0.1) is 16.1 Å². The molecule has 1 aromatic heterocycles. The van der Waals surface area contributed by atoms with Crippen LogP contribution in [0, 0.1) is 0 Å². The zero-order valence-corrected chi connectivity index (χ0v) is 13.4. The van der Waals surface area contributed by atoms with Gasteiger partial charge in [0.25, 0.3) is 5.89 Å². The van der Waals surface area contributed by atoms with Gasteiger partial charge in [-0.15, -0.1) is 10.2 Å². The number of para-hydroxylation sites is 1. The van der Waals surface area contributed by atoms with Crippen LogP contribution in [-0.4, -0.2) is 16.2 Å². The Morgan fingerprint density at radius 1 is 1.04 bits per heavy atom. The maximum absolute atomic E-state index is 11.2. The van der Waals surface area contributed by atoms with Crippen molar-refractivity contribution in [1.82, 2.24) is 10.2 Å². The highest BCUT2D eigenvalue weighted by atomic mass is 35.5. The lowest BCUT2D eigenvalue weighted by Gasteiger charge is -2.04. The van der Waals surface area contributed by atoms with Gasteiger partial charge in [0.2, 0.25) is 5.89 Å². The van der Waals surface area contributed by atoms with Crippen molar-refractivity contribution in [3.63, 3.8) is 0 Å². The fourth-order valence-electron chi connectivity index (χ4n) is 1.99. The molecular formula is C16H10Cl2N2O3. The molecule has 5 nitrogen and oxygen atoms in total. The molecule has 116 valence electrons. The second-order valence-electron chi connectivity index (χ2n) is 4.63. The first-order valence-corrected chi connectivity index (χ1v) is 7.37. The Bertz CT molecular complexity index is 877. The number of esters is 1. The van der Waals surface area contributed by atoms with Crippen molar-refractivity contribution in [2.45, 2.75) is 6.92 Å². The predicted molar refractivity (Wildman–Crippen MR) is 86.5 cm³/mol. The predicted octanol–water partition coefficient (Wildman–Crippen LogP) is 4.64. The zero-order valence-electron chi connectivity index (χ0n) is 11.9. The molecule has 0 spiro atoms. The average molecular weight is 349 g/mol.